The summed E-state index contributed by atoms with van der Waals surface area (Å²) in [5, 5.41) is 3.13. The van der Waals surface area contributed by atoms with Gasteiger partial charge in [0.25, 0.3) is 0 Å². The van der Waals surface area contributed by atoms with Crippen molar-refractivity contribution >= 4 is 11.8 Å². The SMILES string of the molecule is CCC(C)C(=O)NC1CCN(C(=O)C(CC)c2ccccc2)CC1. The lowest BCUT2D eigenvalue weighted by Crippen LogP contribution is -2.48. The van der Waals surface area contributed by atoms with E-state index >= 15 is 0 Å². The molecule has 0 saturated carbocycles. The molecule has 0 radical (unpaired) electrons. The summed E-state index contributed by atoms with van der Waals surface area (Å²) in [5.41, 5.74) is 1.09. The van der Waals surface area contributed by atoms with E-state index in [4.69, 9.17) is 0 Å². The second-order valence-corrected chi connectivity index (χ2v) is 6.79. The summed E-state index contributed by atoms with van der Waals surface area (Å²) in [6, 6.07) is 10.2. The molecule has 0 aromatic heterocycles. The predicted molar refractivity (Wildman–Crippen MR) is 96.7 cm³/mol. The number of rotatable bonds is 6. The van der Waals surface area contributed by atoms with Gasteiger partial charge in [0.1, 0.15) is 0 Å². The maximum Gasteiger partial charge on any atom is 0.230 e. The van der Waals surface area contributed by atoms with Crippen molar-refractivity contribution in [2.75, 3.05) is 13.1 Å². The fourth-order valence-corrected chi connectivity index (χ4v) is 3.23. The quantitative estimate of drug-likeness (QED) is 0.870. The second kappa shape index (κ2) is 8.86. The molecule has 4 heteroatoms. The molecule has 2 atom stereocenters. The smallest absolute Gasteiger partial charge is 0.230 e. The largest absolute Gasteiger partial charge is 0.353 e. The van der Waals surface area contributed by atoms with Crippen molar-refractivity contribution in [3.63, 3.8) is 0 Å². The Bertz CT molecular complexity index is 536. The van der Waals surface area contributed by atoms with E-state index in [-0.39, 0.29) is 29.7 Å². The number of benzene rings is 1. The van der Waals surface area contributed by atoms with Gasteiger partial charge in [-0.3, -0.25) is 9.59 Å². The van der Waals surface area contributed by atoms with Crippen LogP contribution in [0.1, 0.15) is 57.9 Å². The van der Waals surface area contributed by atoms with Crippen LogP contribution in [0.15, 0.2) is 30.3 Å². The summed E-state index contributed by atoms with van der Waals surface area (Å²) in [7, 11) is 0. The highest BCUT2D eigenvalue weighted by molar-refractivity contribution is 5.84. The maximum absolute atomic E-state index is 12.9. The van der Waals surface area contributed by atoms with Crippen LogP contribution >= 0.6 is 0 Å². The minimum absolute atomic E-state index is 0.0579. The van der Waals surface area contributed by atoms with Crippen LogP contribution in [0, 0.1) is 5.92 Å². The van der Waals surface area contributed by atoms with E-state index in [0.717, 1.165) is 44.3 Å². The maximum atomic E-state index is 12.9. The third kappa shape index (κ3) is 4.59. The third-order valence-electron chi connectivity index (χ3n) is 5.12. The van der Waals surface area contributed by atoms with Gasteiger partial charge in [0.2, 0.25) is 11.8 Å². The molecule has 2 unspecified atom stereocenters. The number of carbonyl (C=O) groups is 2. The van der Waals surface area contributed by atoms with E-state index in [0.29, 0.717) is 0 Å². The van der Waals surface area contributed by atoms with Gasteiger partial charge in [-0.1, -0.05) is 51.1 Å². The zero-order chi connectivity index (χ0) is 17.5. The minimum atomic E-state index is -0.0579. The first-order valence-electron chi connectivity index (χ1n) is 9.20. The zero-order valence-corrected chi connectivity index (χ0v) is 15.1. The van der Waals surface area contributed by atoms with Crippen LogP contribution in [0.3, 0.4) is 0 Å². The second-order valence-electron chi connectivity index (χ2n) is 6.79. The molecule has 4 nitrogen and oxygen atoms in total. The summed E-state index contributed by atoms with van der Waals surface area (Å²) < 4.78 is 0. The average Bonchev–Trinajstić information content (AvgIpc) is 2.63. The third-order valence-corrected chi connectivity index (χ3v) is 5.12. The van der Waals surface area contributed by atoms with E-state index in [1.54, 1.807) is 0 Å². The van der Waals surface area contributed by atoms with E-state index in [2.05, 4.69) is 12.2 Å². The van der Waals surface area contributed by atoms with Crippen LogP contribution in [0.2, 0.25) is 0 Å². The van der Waals surface area contributed by atoms with Crippen LogP contribution in [-0.4, -0.2) is 35.8 Å². The first kappa shape index (κ1) is 18.5. The van der Waals surface area contributed by atoms with Gasteiger partial charge in [-0.15, -0.1) is 0 Å². The monoisotopic (exact) mass is 330 g/mol. The van der Waals surface area contributed by atoms with Crippen molar-refractivity contribution < 1.29 is 9.59 Å². The Labute approximate surface area is 145 Å². The Morgan fingerprint density at radius 1 is 1.12 bits per heavy atom. The number of likely N-dealkylation sites (tertiary alicyclic amines) is 1. The highest BCUT2D eigenvalue weighted by Crippen LogP contribution is 2.24. The predicted octanol–water partition coefficient (Wildman–Crippen LogP) is 3.33. The van der Waals surface area contributed by atoms with Gasteiger partial charge >= 0.3 is 0 Å². The molecule has 0 bridgehead atoms. The van der Waals surface area contributed by atoms with Gasteiger partial charge in [0.15, 0.2) is 0 Å². The molecule has 0 spiro atoms. The van der Waals surface area contributed by atoms with Gasteiger partial charge in [-0.2, -0.15) is 0 Å². The molecular weight excluding hydrogens is 300 g/mol. The van der Waals surface area contributed by atoms with Gasteiger partial charge in [0, 0.05) is 25.0 Å². The molecule has 24 heavy (non-hydrogen) atoms. The van der Waals surface area contributed by atoms with Crippen molar-refractivity contribution in [1.82, 2.24) is 10.2 Å². The molecule has 1 fully saturated rings. The van der Waals surface area contributed by atoms with Gasteiger partial charge < -0.3 is 10.2 Å². The average molecular weight is 330 g/mol. The lowest BCUT2D eigenvalue weighted by molar-refractivity contribution is -0.134. The molecule has 1 heterocycles. The standard InChI is InChI=1S/C20H30N2O2/c1-4-15(3)19(23)21-17-11-13-22(14-12-17)20(24)18(5-2)16-9-7-6-8-10-16/h6-10,15,17-18H,4-5,11-14H2,1-3H3,(H,21,23). The molecule has 132 valence electrons. The first-order valence-corrected chi connectivity index (χ1v) is 9.20. The van der Waals surface area contributed by atoms with Crippen LogP contribution in [0.5, 0.6) is 0 Å². The van der Waals surface area contributed by atoms with Crippen LogP contribution in [-0.2, 0) is 9.59 Å². The van der Waals surface area contributed by atoms with E-state index in [1.165, 1.54) is 0 Å². The van der Waals surface area contributed by atoms with Crippen molar-refractivity contribution in [2.24, 2.45) is 5.92 Å². The summed E-state index contributed by atoms with van der Waals surface area (Å²) in [6.45, 7) is 7.51. The van der Waals surface area contributed by atoms with Crippen molar-refractivity contribution in [1.29, 1.82) is 0 Å². The highest BCUT2D eigenvalue weighted by atomic mass is 16.2. The van der Waals surface area contributed by atoms with Crippen LogP contribution in [0.4, 0.5) is 0 Å². The van der Waals surface area contributed by atoms with Gasteiger partial charge in [-0.05, 0) is 31.2 Å². The lowest BCUT2D eigenvalue weighted by atomic mass is 9.93. The minimum Gasteiger partial charge on any atom is -0.353 e. The van der Waals surface area contributed by atoms with E-state index in [1.807, 2.05) is 49.1 Å². The topological polar surface area (TPSA) is 49.4 Å². The number of amides is 2. The molecule has 1 saturated heterocycles. The Morgan fingerprint density at radius 3 is 2.29 bits per heavy atom. The Hall–Kier alpha value is -1.84. The molecule has 1 aromatic rings. The molecule has 1 aliphatic rings. The van der Waals surface area contributed by atoms with Crippen LogP contribution < -0.4 is 5.32 Å². The number of hydrogen-bond acceptors (Lipinski definition) is 2. The highest BCUT2D eigenvalue weighted by Gasteiger charge is 2.29. The Kier molecular flexibility index (Phi) is 6.83. The van der Waals surface area contributed by atoms with Crippen molar-refractivity contribution in [3.8, 4) is 0 Å². The van der Waals surface area contributed by atoms with Crippen molar-refractivity contribution in [3.05, 3.63) is 35.9 Å². The summed E-state index contributed by atoms with van der Waals surface area (Å²) >= 11 is 0. The van der Waals surface area contributed by atoms with Crippen molar-refractivity contribution in [2.45, 2.75) is 58.4 Å². The Balaban J connectivity index is 1.89. The molecule has 1 N–H and O–H groups in total. The number of piperidine rings is 1. The molecular formula is C20H30N2O2. The zero-order valence-electron chi connectivity index (χ0n) is 15.1. The molecule has 1 aromatic carbocycles. The molecule has 1 aliphatic heterocycles. The normalized spacial score (nSPS) is 18.0. The number of nitrogens with zero attached hydrogens (tertiary/aromatic N) is 1. The van der Waals surface area contributed by atoms with E-state index < -0.39 is 0 Å². The summed E-state index contributed by atoms with van der Waals surface area (Å²) in [5.74, 6) is 0.359. The molecule has 2 rings (SSSR count). The fourth-order valence-electron chi connectivity index (χ4n) is 3.23. The molecule has 0 aliphatic carbocycles. The van der Waals surface area contributed by atoms with Gasteiger partial charge in [0.05, 0.1) is 5.92 Å². The first-order chi connectivity index (χ1) is 11.6. The fraction of sp³-hybridized carbons (Fsp3) is 0.600. The van der Waals surface area contributed by atoms with Crippen LogP contribution in [0.25, 0.3) is 0 Å². The summed E-state index contributed by atoms with van der Waals surface area (Å²) in [6.07, 6.45) is 3.37. The lowest BCUT2D eigenvalue weighted by Gasteiger charge is -2.35. The van der Waals surface area contributed by atoms with Gasteiger partial charge in [-0.25, -0.2) is 0 Å². The van der Waals surface area contributed by atoms with E-state index in [9.17, 15) is 9.59 Å². The summed E-state index contributed by atoms with van der Waals surface area (Å²) in [4.78, 5) is 26.8. The number of nitrogens with one attached hydrogen (secondary N) is 1. The number of hydrogen-bond donors (Lipinski definition) is 1. The number of carbonyl (C=O) groups excluding carboxylic acids is 2. The Morgan fingerprint density at radius 2 is 1.75 bits per heavy atom. The molecule has 2 amide bonds.